The average Bonchev–Trinajstić information content (AvgIpc) is 3.99. The SMILES string of the molecule is Cc1cc2c3c(C)cc(Oc4cccc(-c5nc6ccccc6n5-c5c(C(C)C)cc(-c6ccccc6)cc5C(C)C)c4)cc3c3nc4cc5ccoc5cc4n3c2cc1C. The van der Waals surface area contributed by atoms with Crippen molar-refractivity contribution in [3.05, 3.63) is 168 Å². The van der Waals surface area contributed by atoms with Crippen LogP contribution in [0.2, 0.25) is 0 Å². The van der Waals surface area contributed by atoms with Gasteiger partial charge < -0.3 is 9.15 Å². The van der Waals surface area contributed by atoms with E-state index >= 15 is 0 Å². The molecule has 0 saturated heterocycles. The van der Waals surface area contributed by atoms with Gasteiger partial charge >= 0.3 is 0 Å². The van der Waals surface area contributed by atoms with Crippen molar-refractivity contribution < 1.29 is 9.15 Å². The van der Waals surface area contributed by atoms with Gasteiger partial charge in [-0.25, -0.2) is 9.97 Å². The number of benzene rings is 7. The van der Waals surface area contributed by atoms with Gasteiger partial charge in [0.2, 0.25) is 0 Å². The molecule has 0 aliphatic heterocycles. The number of hydrogen-bond donors (Lipinski definition) is 0. The number of hydrogen-bond acceptors (Lipinski definition) is 4. The van der Waals surface area contributed by atoms with E-state index in [9.17, 15) is 0 Å². The van der Waals surface area contributed by atoms with Gasteiger partial charge in [-0.15, -0.1) is 0 Å². The molecule has 7 aromatic carbocycles. The Bertz CT molecular complexity index is 3520. The van der Waals surface area contributed by atoms with Gasteiger partial charge in [-0.1, -0.05) is 82.3 Å². The van der Waals surface area contributed by atoms with E-state index in [2.05, 4.69) is 179 Å². The summed E-state index contributed by atoms with van der Waals surface area (Å²) in [6.45, 7) is 15.7. The highest BCUT2D eigenvalue weighted by Gasteiger charge is 2.24. The Kier molecular flexibility index (Phi) is 8.43. The Balaban J connectivity index is 1.08. The molecular weight excluding hydrogens is 749 g/mol. The molecule has 6 nitrogen and oxygen atoms in total. The highest BCUT2D eigenvalue weighted by molar-refractivity contribution is 6.16. The maximum atomic E-state index is 6.88. The minimum absolute atomic E-state index is 0.270. The zero-order valence-electron chi connectivity index (χ0n) is 35.5. The van der Waals surface area contributed by atoms with Crippen LogP contribution in [0.4, 0.5) is 0 Å². The summed E-state index contributed by atoms with van der Waals surface area (Å²) in [5.74, 6) is 2.91. The predicted molar refractivity (Wildman–Crippen MR) is 252 cm³/mol. The van der Waals surface area contributed by atoms with Gasteiger partial charge in [0.1, 0.15) is 28.6 Å². The van der Waals surface area contributed by atoms with Crippen LogP contribution < -0.4 is 4.74 Å². The minimum atomic E-state index is 0.270. The number of aryl methyl sites for hydroxylation is 3. The van der Waals surface area contributed by atoms with Crippen molar-refractivity contribution >= 4 is 60.4 Å². The smallest absolute Gasteiger partial charge is 0.146 e. The topological polar surface area (TPSA) is 57.5 Å². The Morgan fingerprint density at radius 2 is 1.28 bits per heavy atom. The Labute approximate surface area is 354 Å². The molecule has 61 heavy (non-hydrogen) atoms. The summed E-state index contributed by atoms with van der Waals surface area (Å²) in [5, 5.41) is 4.44. The van der Waals surface area contributed by atoms with Crippen LogP contribution in [0.25, 0.3) is 88.6 Å². The largest absolute Gasteiger partial charge is 0.464 e. The third-order valence-electron chi connectivity index (χ3n) is 12.5. The molecular formula is C55H46N4O2. The third kappa shape index (κ3) is 5.92. The molecule has 0 spiro atoms. The lowest BCUT2D eigenvalue weighted by Gasteiger charge is -2.24. The van der Waals surface area contributed by atoms with Gasteiger partial charge in [0, 0.05) is 27.8 Å². The van der Waals surface area contributed by atoms with E-state index in [0.717, 1.165) is 78.0 Å². The van der Waals surface area contributed by atoms with Gasteiger partial charge in [0.25, 0.3) is 0 Å². The molecule has 4 aromatic heterocycles. The maximum Gasteiger partial charge on any atom is 0.146 e. The molecule has 0 fully saturated rings. The Morgan fingerprint density at radius 1 is 0.541 bits per heavy atom. The molecule has 0 radical (unpaired) electrons. The number of furan rings is 1. The second-order valence-corrected chi connectivity index (χ2v) is 17.3. The molecule has 0 bridgehead atoms. The minimum Gasteiger partial charge on any atom is -0.464 e. The summed E-state index contributed by atoms with van der Waals surface area (Å²) in [6, 6.07) is 47.5. The van der Waals surface area contributed by atoms with E-state index < -0.39 is 0 Å². The standard InChI is InChI=1S/C55H46N4O2/c1-31(2)42-26-39(36-14-9-8-10-15-36)27-43(32(3)4)53(42)59-48-19-12-11-18-46(48)56-54(59)38-16-13-17-40(25-38)61-41-22-35(7)52-44-23-33(5)34(6)24-49(44)58-50-30-51-37(20-21-60-51)28-47(50)57-55(58)45(52)29-41/h8-32H,1-7H3. The van der Waals surface area contributed by atoms with Crippen LogP contribution in [0.15, 0.2) is 144 Å². The first kappa shape index (κ1) is 36.9. The monoisotopic (exact) mass is 794 g/mol. The van der Waals surface area contributed by atoms with Crippen molar-refractivity contribution in [1.82, 2.24) is 18.9 Å². The summed E-state index contributed by atoms with van der Waals surface area (Å²) >= 11 is 0. The molecule has 11 rings (SSSR count). The van der Waals surface area contributed by atoms with Gasteiger partial charge in [-0.3, -0.25) is 8.97 Å². The van der Waals surface area contributed by atoms with Gasteiger partial charge in [-0.05, 0) is 150 Å². The van der Waals surface area contributed by atoms with Gasteiger partial charge in [0.05, 0.1) is 39.5 Å². The molecule has 4 heterocycles. The lowest BCUT2D eigenvalue weighted by atomic mass is 9.88. The molecule has 0 aliphatic rings. The fourth-order valence-electron chi connectivity index (χ4n) is 9.39. The summed E-state index contributed by atoms with van der Waals surface area (Å²) in [4.78, 5) is 10.6. The maximum absolute atomic E-state index is 6.88. The fourth-order valence-corrected chi connectivity index (χ4v) is 9.39. The van der Waals surface area contributed by atoms with Crippen LogP contribution in [-0.4, -0.2) is 18.9 Å². The number of fused-ring (bicyclic) bond motifs is 10. The van der Waals surface area contributed by atoms with Gasteiger partial charge in [0.15, 0.2) is 0 Å². The number of ether oxygens (including phenoxy) is 1. The molecule has 0 N–H and O–H groups in total. The van der Waals surface area contributed by atoms with Crippen LogP contribution in [0.3, 0.4) is 0 Å². The van der Waals surface area contributed by atoms with E-state index in [1.165, 1.54) is 49.8 Å². The van der Waals surface area contributed by atoms with Crippen molar-refractivity contribution in [3.63, 3.8) is 0 Å². The quantitative estimate of drug-likeness (QED) is 0.151. The Morgan fingerprint density at radius 3 is 2.07 bits per heavy atom. The van der Waals surface area contributed by atoms with Crippen LogP contribution in [0.1, 0.15) is 67.3 Å². The molecule has 0 aliphatic carbocycles. The predicted octanol–water partition coefficient (Wildman–Crippen LogP) is 15.2. The number of para-hydroxylation sites is 2. The average molecular weight is 795 g/mol. The molecule has 0 unspecified atom stereocenters. The fraction of sp³-hybridized carbons (Fsp3) is 0.164. The zero-order valence-corrected chi connectivity index (χ0v) is 35.5. The molecule has 0 saturated carbocycles. The number of pyridine rings is 1. The Hall–Kier alpha value is -7.18. The molecule has 6 heteroatoms. The van der Waals surface area contributed by atoms with E-state index in [1.54, 1.807) is 6.26 Å². The van der Waals surface area contributed by atoms with Gasteiger partial charge in [-0.2, -0.15) is 0 Å². The van der Waals surface area contributed by atoms with Crippen LogP contribution >= 0.6 is 0 Å². The highest BCUT2D eigenvalue weighted by Crippen LogP contribution is 2.42. The molecule has 298 valence electrons. The van der Waals surface area contributed by atoms with Crippen LogP contribution in [0.5, 0.6) is 11.5 Å². The lowest BCUT2D eigenvalue weighted by molar-refractivity contribution is 0.483. The number of rotatable bonds is 7. The summed E-state index contributed by atoms with van der Waals surface area (Å²) in [6.07, 6.45) is 1.74. The van der Waals surface area contributed by atoms with Crippen molar-refractivity contribution in [2.45, 2.75) is 60.3 Å². The highest BCUT2D eigenvalue weighted by atomic mass is 16.5. The normalized spacial score (nSPS) is 12.1. The van der Waals surface area contributed by atoms with E-state index in [0.29, 0.717) is 0 Å². The second kappa shape index (κ2) is 14.0. The first-order valence-corrected chi connectivity index (χ1v) is 21.3. The third-order valence-corrected chi connectivity index (χ3v) is 12.5. The first-order chi connectivity index (χ1) is 29.6. The summed E-state index contributed by atoms with van der Waals surface area (Å²) in [7, 11) is 0. The number of nitrogens with zero attached hydrogens (tertiary/aromatic N) is 4. The van der Waals surface area contributed by atoms with Crippen molar-refractivity contribution in [3.8, 4) is 39.7 Å². The molecule has 11 aromatic rings. The lowest BCUT2D eigenvalue weighted by Crippen LogP contribution is -2.09. The zero-order chi connectivity index (χ0) is 41.7. The molecule has 0 amide bonds. The van der Waals surface area contributed by atoms with Crippen molar-refractivity contribution in [2.75, 3.05) is 0 Å². The second-order valence-electron chi connectivity index (χ2n) is 17.3. The van der Waals surface area contributed by atoms with Crippen LogP contribution in [-0.2, 0) is 0 Å². The van der Waals surface area contributed by atoms with Crippen LogP contribution in [0, 0.1) is 20.8 Å². The molecule has 0 atom stereocenters. The number of imidazole rings is 2. The summed E-state index contributed by atoms with van der Waals surface area (Å²) in [5.41, 5.74) is 17.7. The van der Waals surface area contributed by atoms with E-state index in [1.807, 2.05) is 12.1 Å². The first-order valence-electron chi connectivity index (χ1n) is 21.3. The van der Waals surface area contributed by atoms with Crippen molar-refractivity contribution in [1.29, 1.82) is 0 Å². The van der Waals surface area contributed by atoms with E-state index in [-0.39, 0.29) is 11.8 Å². The number of aromatic nitrogens is 4. The summed E-state index contributed by atoms with van der Waals surface area (Å²) < 4.78 is 17.4. The van der Waals surface area contributed by atoms with Crippen molar-refractivity contribution in [2.24, 2.45) is 0 Å². The van der Waals surface area contributed by atoms with E-state index in [4.69, 9.17) is 19.1 Å².